The molecule has 8 heteroatoms. The van der Waals surface area contributed by atoms with E-state index in [9.17, 15) is 9.90 Å². The normalized spacial score (nSPS) is 12.9. The van der Waals surface area contributed by atoms with Crippen LogP contribution in [0.4, 0.5) is 0 Å². The molecule has 7 nitrogen and oxygen atoms in total. The average molecular weight is 290 g/mol. The van der Waals surface area contributed by atoms with E-state index in [1.807, 2.05) is 0 Å². The van der Waals surface area contributed by atoms with Gasteiger partial charge in [0.15, 0.2) is 6.04 Å². The molecule has 1 rings (SSSR count). The van der Waals surface area contributed by atoms with Gasteiger partial charge in [-0.3, -0.25) is 4.99 Å². The van der Waals surface area contributed by atoms with Crippen molar-refractivity contribution in [2.24, 2.45) is 4.99 Å². The van der Waals surface area contributed by atoms with Crippen LogP contribution in [0.1, 0.15) is 12.1 Å². The molecule has 0 aliphatic carbocycles. The Kier molecular flexibility index (Phi) is 7.33. The summed E-state index contributed by atoms with van der Waals surface area (Å²) in [5.74, 6) is -1.71. The smallest absolute Gasteiger partial charge is 0.862 e. The third kappa shape index (κ3) is 5.56. The Hall–Kier alpha value is -1.27. The van der Waals surface area contributed by atoms with E-state index in [-0.39, 0.29) is 38.9 Å². The summed E-state index contributed by atoms with van der Waals surface area (Å²) < 4.78 is 0. The summed E-state index contributed by atoms with van der Waals surface area (Å²) in [6.07, 6.45) is 2.96. The number of nitrogens with zero attached hydrogens (tertiary/aromatic N) is 2. The van der Waals surface area contributed by atoms with E-state index in [2.05, 4.69) is 15.0 Å². The quantitative estimate of drug-likeness (QED) is 0.420. The van der Waals surface area contributed by atoms with Crippen molar-refractivity contribution >= 4 is 11.9 Å². The van der Waals surface area contributed by atoms with Gasteiger partial charge >= 0.3 is 25.4 Å². The molecule has 1 aromatic heterocycles. The number of H-pyrrole nitrogens is 1. The third-order valence-electron chi connectivity index (χ3n) is 1.89. The number of carbonyl (C=O) groups is 1. The first-order chi connectivity index (χ1) is 7.63. The summed E-state index contributed by atoms with van der Waals surface area (Å²) in [6, 6.07) is -1.11. The van der Waals surface area contributed by atoms with Crippen molar-refractivity contribution in [3.63, 3.8) is 0 Å². The van der Waals surface area contributed by atoms with Gasteiger partial charge in [0.1, 0.15) is 0 Å². The number of aromatic nitrogens is 2. The van der Waals surface area contributed by atoms with Crippen LogP contribution in [0.5, 0.6) is 0 Å². The average Bonchev–Trinajstić information content (AvgIpc) is 2.69. The Balaban J connectivity index is 0.00000256. The maximum atomic E-state index is 11.1. The van der Waals surface area contributed by atoms with Crippen LogP contribution in [-0.2, 0) is 30.7 Å². The molecule has 1 aromatic rings. The zero-order chi connectivity index (χ0) is 12.0. The van der Waals surface area contributed by atoms with Gasteiger partial charge in [0, 0.05) is 18.3 Å². The van der Waals surface area contributed by atoms with E-state index in [0.29, 0.717) is 5.69 Å². The van der Waals surface area contributed by atoms with Gasteiger partial charge in [0.25, 0.3) is 0 Å². The number of aliphatic carboxylic acids is 1. The maximum Gasteiger partial charge on any atom is 2.00 e. The van der Waals surface area contributed by atoms with Crippen molar-refractivity contribution in [1.82, 2.24) is 9.97 Å². The van der Waals surface area contributed by atoms with Crippen molar-refractivity contribution in [3.05, 3.63) is 24.0 Å². The molecule has 0 unspecified atom stereocenters. The fourth-order valence-corrected chi connectivity index (χ4v) is 1.14. The van der Waals surface area contributed by atoms with Gasteiger partial charge in [-0.15, -0.1) is 6.54 Å². The molecular weight excluding hydrogens is 278 g/mol. The molecule has 1 heterocycles. The number of nitrogens with one attached hydrogen (secondary N) is 2. The standard InChI is InChI=1S/C9H13N4O3.Zn/c10-2-1-8(14)13-7(9(15)16)3-6-4-11-5-12-6;/h4-5,7,10H,1-3H2,(H,11,12)(H,13,14)(H,15,16);/q-1;+2/p-1/t7-;/m0./s1. The number of hydrogen-bond donors (Lipinski definition) is 2. The number of carboxylic acids is 1. The van der Waals surface area contributed by atoms with Crippen LogP contribution in [0.15, 0.2) is 17.5 Å². The SMILES string of the molecule is [NH-]CCC([O-])=N[C@@H](Cc1cnc[nH]1)C(=O)O.[Zn+2]. The second-order valence-electron chi connectivity index (χ2n) is 3.16. The van der Waals surface area contributed by atoms with Gasteiger partial charge in [-0.1, -0.05) is 0 Å². The molecular formula is C9H12N4O3Zn. The van der Waals surface area contributed by atoms with E-state index in [0.717, 1.165) is 0 Å². The van der Waals surface area contributed by atoms with Crippen LogP contribution in [0.2, 0.25) is 0 Å². The minimum absolute atomic E-state index is 0. The second kappa shape index (κ2) is 7.92. The van der Waals surface area contributed by atoms with E-state index < -0.39 is 17.9 Å². The van der Waals surface area contributed by atoms with Crippen LogP contribution in [0.25, 0.3) is 5.73 Å². The first-order valence-corrected chi connectivity index (χ1v) is 4.71. The molecule has 0 saturated carbocycles. The molecule has 3 N–H and O–H groups in total. The van der Waals surface area contributed by atoms with Gasteiger partial charge < -0.3 is 20.9 Å². The van der Waals surface area contributed by atoms with E-state index >= 15 is 0 Å². The van der Waals surface area contributed by atoms with Crippen molar-refractivity contribution < 1.29 is 34.5 Å². The minimum Gasteiger partial charge on any atom is -0.862 e. The summed E-state index contributed by atoms with van der Waals surface area (Å²) in [5.41, 5.74) is 7.44. The first-order valence-electron chi connectivity index (χ1n) is 4.71. The van der Waals surface area contributed by atoms with Crippen LogP contribution >= 0.6 is 0 Å². The molecule has 0 fully saturated rings. The summed E-state index contributed by atoms with van der Waals surface area (Å²) in [5, 5.41) is 20.0. The Morgan fingerprint density at radius 1 is 1.71 bits per heavy atom. The largest absolute Gasteiger partial charge is 2.00 e. The number of imidazole rings is 1. The Labute approximate surface area is 111 Å². The second-order valence-corrected chi connectivity index (χ2v) is 3.16. The van der Waals surface area contributed by atoms with Crippen LogP contribution in [0.3, 0.4) is 0 Å². The van der Waals surface area contributed by atoms with E-state index in [1.54, 1.807) is 0 Å². The predicted octanol–water partition coefficient (Wildman–Crippen LogP) is -0.396. The molecule has 0 bridgehead atoms. The summed E-state index contributed by atoms with van der Waals surface area (Å²) >= 11 is 0. The van der Waals surface area contributed by atoms with Crippen LogP contribution in [-0.4, -0.2) is 39.5 Å². The Morgan fingerprint density at radius 3 is 2.88 bits per heavy atom. The van der Waals surface area contributed by atoms with Crippen molar-refractivity contribution in [3.8, 4) is 0 Å². The fraction of sp³-hybridized carbons (Fsp3) is 0.444. The minimum atomic E-state index is -1.16. The molecule has 0 saturated heterocycles. The maximum absolute atomic E-state index is 11.1. The van der Waals surface area contributed by atoms with Gasteiger partial charge in [-0.2, -0.15) is 0 Å². The van der Waals surface area contributed by atoms with E-state index in [1.165, 1.54) is 12.5 Å². The Bertz CT molecular complexity index is 366. The topological polar surface area (TPSA) is 125 Å². The van der Waals surface area contributed by atoms with Gasteiger partial charge in [-0.05, 0) is 12.3 Å². The molecule has 88 valence electrons. The summed E-state index contributed by atoms with van der Waals surface area (Å²) in [4.78, 5) is 20.9. The van der Waals surface area contributed by atoms with Crippen LogP contribution < -0.4 is 5.11 Å². The number of aliphatic imine (C=N–C) groups is 1. The predicted molar refractivity (Wildman–Crippen MR) is 55.0 cm³/mol. The number of carboxylic acid groups (broad SMARTS) is 1. The van der Waals surface area contributed by atoms with Gasteiger partial charge in [-0.25, -0.2) is 9.78 Å². The zero-order valence-electron chi connectivity index (χ0n) is 9.22. The molecule has 0 radical (unpaired) electrons. The van der Waals surface area contributed by atoms with Gasteiger partial charge in [0.2, 0.25) is 0 Å². The molecule has 1 atom stereocenters. The number of aromatic amines is 1. The monoisotopic (exact) mass is 288 g/mol. The fourth-order valence-electron chi connectivity index (χ4n) is 1.14. The van der Waals surface area contributed by atoms with Gasteiger partial charge in [0.05, 0.1) is 6.33 Å². The summed E-state index contributed by atoms with van der Waals surface area (Å²) in [7, 11) is 0. The molecule has 0 aromatic carbocycles. The molecule has 0 amide bonds. The number of hydrogen-bond acceptors (Lipinski definition) is 4. The molecule has 0 aliphatic rings. The zero-order valence-corrected chi connectivity index (χ0v) is 12.2. The molecule has 0 spiro atoms. The van der Waals surface area contributed by atoms with E-state index in [4.69, 9.17) is 10.8 Å². The number of rotatable bonds is 6. The van der Waals surface area contributed by atoms with Crippen molar-refractivity contribution in [2.45, 2.75) is 18.9 Å². The van der Waals surface area contributed by atoms with Crippen molar-refractivity contribution in [1.29, 1.82) is 0 Å². The Morgan fingerprint density at radius 2 is 2.41 bits per heavy atom. The summed E-state index contributed by atoms with van der Waals surface area (Å²) in [6.45, 7) is -0.0846. The molecule has 0 aliphatic heterocycles. The first kappa shape index (κ1) is 15.7. The van der Waals surface area contributed by atoms with Crippen molar-refractivity contribution in [2.75, 3.05) is 6.54 Å². The third-order valence-corrected chi connectivity index (χ3v) is 1.89. The molecule has 17 heavy (non-hydrogen) atoms. The van der Waals surface area contributed by atoms with Crippen LogP contribution in [0, 0.1) is 0 Å².